The Bertz CT molecular complexity index is 554. The fourth-order valence-electron chi connectivity index (χ4n) is 3.22. The van der Waals surface area contributed by atoms with Gasteiger partial charge in [0.05, 0.1) is 0 Å². The molecule has 0 N–H and O–H groups in total. The van der Waals surface area contributed by atoms with E-state index >= 15 is 0 Å². The van der Waals surface area contributed by atoms with Crippen molar-refractivity contribution < 1.29 is 14.3 Å². The van der Waals surface area contributed by atoms with Gasteiger partial charge in [-0.25, -0.2) is 0 Å². The van der Waals surface area contributed by atoms with Gasteiger partial charge in [-0.3, -0.25) is 4.79 Å². The van der Waals surface area contributed by atoms with Crippen molar-refractivity contribution in [2.75, 3.05) is 19.9 Å². The van der Waals surface area contributed by atoms with Crippen LogP contribution in [0.5, 0.6) is 11.5 Å². The molecule has 0 radical (unpaired) electrons. The molecule has 0 spiro atoms. The average molecular weight is 303 g/mol. The van der Waals surface area contributed by atoms with Gasteiger partial charge in [0.15, 0.2) is 11.5 Å². The summed E-state index contributed by atoms with van der Waals surface area (Å²) in [5.41, 5.74) is 1.02. The van der Waals surface area contributed by atoms with Crippen LogP contribution in [0.4, 0.5) is 0 Å². The average Bonchev–Trinajstić information content (AvgIpc) is 2.94. The molecule has 120 valence electrons. The molecule has 2 heterocycles. The number of amides is 1. The van der Waals surface area contributed by atoms with E-state index in [-0.39, 0.29) is 11.3 Å². The van der Waals surface area contributed by atoms with Crippen molar-refractivity contribution in [1.29, 1.82) is 0 Å². The smallest absolute Gasteiger partial charge is 0.231 e. The number of likely N-dealkylation sites (tertiary alicyclic amines) is 1. The van der Waals surface area contributed by atoms with Crippen molar-refractivity contribution in [3.8, 4) is 11.5 Å². The Hall–Kier alpha value is -1.71. The van der Waals surface area contributed by atoms with Gasteiger partial charge in [0.25, 0.3) is 0 Å². The van der Waals surface area contributed by atoms with Gasteiger partial charge in [-0.05, 0) is 42.9 Å². The molecule has 1 amide bonds. The minimum Gasteiger partial charge on any atom is -0.454 e. The minimum absolute atomic E-state index is 0.272. The van der Waals surface area contributed by atoms with Crippen LogP contribution < -0.4 is 9.47 Å². The predicted octanol–water partition coefficient (Wildman–Crippen LogP) is 3.24. The van der Waals surface area contributed by atoms with E-state index in [1.54, 1.807) is 0 Å². The zero-order valence-corrected chi connectivity index (χ0v) is 13.7. The van der Waals surface area contributed by atoms with Gasteiger partial charge in [-0.1, -0.05) is 26.8 Å². The van der Waals surface area contributed by atoms with Gasteiger partial charge in [0, 0.05) is 18.5 Å². The molecule has 2 aliphatic rings. The van der Waals surface area contributed by atoms with E-state index in [9.17, 15) is 4.79 Å². The maximum Gasteiger partial charge on any atom is 0.231 e. The summed E-state index contributed by atoms with van der Waals surface area (Å²) in [6.07, 6.45) is 3.21. The summed E-state index contributed by atoms with van der Waals surface area (Å²) < 4.78 is 10.8. The molecule has 1 fully saturated rings. The molecule has 4 nitrogen and oxygen atoms in total. The molecule has 1 saturated heterocycles. The molecule has 1 aromatic rings. The summed E-state index contributed by atoms with van der Waals surface area (Å²) >= 11 is 0. The minimum atomic E-state index is -0.274. The highest BCUT2D eigenvalue weighted by molar-refractivity contribution is 5.81. The first-order valence-electron chi connectivity index (χ1n) is 8.11. The fourth-order valence-corrected chi connectivity index (χ4v) is 3.22. The van der Waals surface area contributed by atoms with Crippen molar-refractivity contribution in [2.24, 2.45) is 11.3 Å². The number of carbonyl (C=O) groups is 1. The van der Waals surface area contributed by atoms with Crippen molar-refractivity contribution >= 4 is 5.91 Å². The molecule has 0 saturated carbocycles. The summed E-state index contributed by atoms with van der Waals surface area (Å²) in [5.74, 6) is 2.62. The van der Waals surface area contributed by atoms with Crippen LogP contribution in [0, 0.1) is 11.3 Å². The molecular weight excluding hydrogens is 278 g/mol. The van der Waals surface area contributed by atoms with Crippen LogP contribution in [0.15, 0.2) is 18.2 Å². The standard InChI is InChI=1S/C18H25NO3/c1-18(2,3)17(20)19-8-6-13(7-9-19)10-14-4-5-15-16(11-14)22-12-21-15/h4-5,11,13H,6-10,12H2,1-3H3. The van der Waals surface area contributed by atoms with Crippen molar-refractivity contribution in [2.45, 2.75) is 40.0 Å². The first-order valence-corrected chi connectivity index (χ1v) is 8.11. The monoisotopic (exact) mass is 303 g/mol. The van der Waals surface area contributed by atoms with E-state index < -0.39 is 0 Å². The summed E-state index contributed by atoms with van der Waals surface area (Å²) in [7, 11) is 0. The first kappa shape index (κ1) is 15.2. The molecule has 1 aromatic carbocycles. The second-order valence-electron chi connectivity index (χ2n) is 7.38. The van der Waals surface area contributed by atoms with Crippen molar-refractivity contribution in [3.63, 3.8) is 0 Å². The lowest BCUT2D eigenvalue weighted by Crippen LogP contribution is -2.44. The van der Waals surface area contributed by atoms with E-state index in [2.05, 4.69) is 12.1 Å². The number of rotatable bonds is 2. The Morgan fingerprint density at radius 3 is 2.55 bits per heavy atom. The molecule has 0 atom stereocenters. The largest absolute Gasteiger partial charge is 0.454 e. The predicted molar refractivity (Wildman–Crippen MR) is 85.0 cm³/mol. The third kappa shape index (κ3) is 3.21. The number of nitrogens with zero attached hydrogens (tertiary/aromatic N) is 1. The summed E-state index contributed by atoms with van der Waals surface area (Å²) in [4.78, 5) is 14.3. The fraction of sp³-hybridized carbons (Fsp3) is 0.611. The summed E-state index contributed by atoms with van der Waals surface area (Å²) in [6.45, 7) is 8.07. The van der Waals surface area contributed by atoms with E-state index in [0.717, 1.165) is 43.9 Å². The third-order valence-electron chi connectivity index (χ3n) is 4.50. The number of ether oxygens (including phenoxy) is 2. The lowest BCUT2D eigenvalue weighted by molar-refractivity contribution is -0.140. The maximum atomic E-state index is 12.3. The van der Waals surface area contributed by atoms with Gasteiger partial charge in [-0.15, -0.1) is 0 Å². The number of carbonyl (C=O) groups excluding carboxylic acids is 1. The van der Waals surface area contributed by atoms with Gasteiger partial charge in [0.1, 0.15) is 0 Å². The topological polar surface area (TPSA) is 38.8 Å². The molecule has 2 aliphatic heterocycles. The Labute approximate surface area is 132 Å². The molecular formula is C18H25NO3. The molecule has 0 unspecified atom stereocenters. The highest BCUT2D eigenvalue weighted by Gasteiger charge is 2.30. The van der Waals surface area contributed by atoms with Crippen LogP contribution in [0.25, 0.3) is 0 Å². The van der Waals surface area contributed by atoms with Gasteiger partial charge < -0.3 is 14.4 Å². The lowest BCUT2D eigenvalue weighted by atomic mass is 9.88. The van der Waals surface area contributed by atoms with E-state index in [1.807, 2.05) is 31.7 Å². The normalized spacial score (nSPS) is 18.6. The van der Waals surface area contributed by atoms with E-state index in [1.165, 1.54) is 5.56 Å². The zero-order chi connectivity index (χ0) is 15.7. The summed E-state index contributed by atoms with van der Waals surface area (Å²) in [5, 5.41) is 0. The molecule has 0 aliphatic carbocycles. The van der Waals surface area contributed by atoms with Gasteiger partial charge in [0.2, 0.25) is 12.7 Å². The Morgan fingerprint density at radius 1 is 1.18 bits per heavy atom. The van der Waals surface area contributed by atoms with E-state index in [4.69, 9.17) is 9.47 Å². The Kier molecular flexibility index (Phi) is 4.02. The molecule has 22 heavy (non-hydrogen) atoms. The second kappa shape index (κ2) is 5.82. The quantitative estimate of drug-likeness (QED) is 0.842. The SMILES string of the molecule is CC(C)(C)C(=O)N1CCC(Cc2ccc3c(c2)OCO3)CC1. The lowest BCUT2D eigenvalue weighted by Gasteiger charge is -2.35. The second-order valence-corrected chi connectivity index (χ2v) is 7.38. The number of piperidine rings is 1. The maximum absolute atomic E-state index is 12.3. The third-order valence-corrected chi connectivity index (χ3v) is 4.50. The van der Waals surface area contributed by atoms with Crippen molar-refractivity contribution in [1.82, 2.24) is 4.90 Å². The number of hydrogen-bond acceptors (Lipinski definition) is 3. The number of fused-ring (bicyclic) bond motifs is 1. The van der Waals surface area contributed by atoms with Crippen LogP contribution in [0.3, 0.4) is 0 Å². The Balaban J connectivity index is 1.55. The zero-order valence-electron chi connectivity index (χ0n) is 13.7. The molecule has 4 heteroatoms. The molecule has 3 rings (SSSR count). The summed E-state index contributed by atoms with van der Waals surface area (Å²) in [6, 6.07) is 6.21. The Morgan fingerprint density at radius 2 is 1.86 bits per heavy atom. The highest BCUT2D eigenvalue weighted by atomic mass is 16.7. The number of hydrogen-bond donors (Lipinski definition) is 0. The van der Waals surface area contributed by atoms with E-state index in [0.29, 0.717) is 12.7 Å². The van der Waals surface area contributed by atoms with Crippen LogP contribution in [0.1, 0.15) is 39.2 Å². The van der Waals surface area contributed by atoms with Crippen LogP contribution >= 0.6 is 0 Å². The van der Waals surface area contributed by atoms with Gasteiger partial charge >= 0.3 is 0 Å². The number of benzene rings is 1. The highest BCUT2D eigenvalue weighted by Crippen LogP contribution is 2.34. The van der Waals surface area contributed by atoms with Crippen LogP contribution in [-0.2, 0) is 11.2 Å². The van der Waals surface area contributed by atoms with Crippen molar-refractivity contribution in [3.05, 3.63) is 23.8 Å². The molecule has 0 aromatic heterocycles. The van der Waals surface area contributed by atoms with Gasteiger partial charge in [-0.2, -0.15) is 0 Å². The van der Waals surface area contributed by atoms with Crippen LogP contribution in [-0.4, -0.2) is 30.7 Å². The first-order chi connectivity index (χ1) is 10.4. The van der Waals surface area contributed by atoms with Crippen LogP contribution in [0.2, 0.25) is 0 Å². The molecule has 0 bridgehead atoms.